The third kappa shape index (κ3) is 6.73. The summed E-state index contributed by atoms with van der Waals surface area (Å²) in [6.07, 6.45) is 3.33. The van der Waals surface area contributed by atoms with Gasteiger partial charge in [0.05, 0.1) is 5.75 Å². The molecule has 0 aliphatic heterocycles. The third-order valence-corrected chi connectivity index (χ3v) is 5.15. The highest BCUT2D eigenvalue weighted by Gasteiger charge is 2.09. The Labute approximate surface area is 117 Å². The van der Waals surface area contributed by atoms with Crippen LogP contribution in [0.4, 0.5) is 0 Å². The molecule has 1 aromatic rings. The van der Waals surface area contributed by atoms with E-state index in [1.165, 1.54) is 11.1 Å². The van der Waals surface area contributed by atoms with Crippen molar-refractivity contribution in [3.05, 3.63) is 35.4 Å². The summed E-state index contributed by atoms with van der Waals surface area (Å²) in [7, 11) is -2.84. The van der Waals surface area contributed by atoms with Gasteiger partial charge in [-0.15, -0.1) is 0 Å². The largest absolute Gasteiger partial charge is 0.328 e. The zero-order chi connectivity index (χ0) is 14.3. The first-order chi connectivity index (χ1) is 8.93. The fourth-order valence-corrected chi connectivity index (χ4v) is 2.97. The van der Waals surface area contributed by atoms with Crippen molar-refractivity contribution in [1.82, 2.24) is 0 Å². The monoisotopic (exact) mass is 283 g/mol. The van der Waals surface area contributed by atoms with E-state index in [0.717, 1.165) is 19.3 Å². The highest BCUT2D eigenvalue weighted by Crippen LogP contribution is 2.10. The predicted molar refractivity (Wildman–Crippen MR) is 81.0 cm³/mol. The summed E-state index contributed by atoms with van der Waals surface area (Å²) in [6.45, 7) is 3.77. The number of benzene rings is 1. The second kappa shape index (κ2) is 7.65. The van der Waals surface area contributed by atoms with E-state index in [-0.39, 0.29) is 17.5 Å². The van der Waals surface area contributed by atoms with Gasteiger partial charge in [0, 0.05) is 11.8 Å². The van der Waals surface area contributed by atoms with Gasteiger partial charge in [-0.1, -0.05) is 36.8 Å². The Morgan fingerprint density at radius 2 is 2.00 bits per heavy atom. The topological polar surface area (TPSA) is 60.2 Å². The molecular weight excluding hydrogens is 258 g/mol. The maximum Gasteiger partial charge on any atom is 0.150 e. The van der Waals surface area contributed by atoms with Gasteiger partial charge in [-0.05, 0) is 38.2 Å². The van der Waals surface area contributed by atoms with Gasteiger partial charge in [0.2, 0.25) is 0 Å². The Morgan fingerprint density at radius 1 is 1.26 bits per heavy atom. The van der Waals surface area contributed by atoms with Crippen LogP contribution < -0.4 is 5.73 Å². The van der Waals surface area contributed by atoms with Gasteiger partial charge in [0.25, 0.3) is 0 Å². The fourth-order valence-electron chi connectivity index (χ4n) is 2.07. The minimum absolute atomic E-state index is 0.0903. The first-order valence-corrected chi connectivity index (χ1v) is 8.76. The smallest absolute Gasteiger partial charge is 0.150 e. The Morgan fingerprint density at radius 3 is 2.63 bits per heavy atom. The molecule has 0 bridgehead atoms. The summed E-state index contributed by atoms with van der Waals surface area (Å²) in [4.78, 5) is 0. The van der Waals surface area contributed by atoms with Crippen LogP contribution in [0.1, 0.15) is 37.3 Å². The Bertz CT molecular complexity index is 483. The summed E-state index contributed by atoms with van der Waals surface area (Å²) < 4.78 is 22.7. The van der Waals surface area contributed by atoms with Crippen molar-refractivity contribution >= 4 is 9.84 Å². The number of rotatable bonds is 8. The van der Waals surface area contributed by atoms with Crippen LogP contribution in [0.15, 0.2) is 24.3 Å². The SMILES string of the molecule is CCS(=O)(=O)CCCC(N)CCc1cccc(C)c1. The third-order valence-electron chi connectivity index (χ3n) is 3.36. The van der Waals surface area contributed by atoms with Crippen molar-refractivity contribution in [3.63, 3.8) is 0 Å². The van der Waals surface area contributed by atoms with Crippen molar-refractivity contribution in [2.75, 3.05) is 11.5 Å². The first kappa shape index (κ1) is 16.2. The highest BCUT2D eigenvalue weighted by atomic mass is 32.2. The van der Waals surface area contributed by atoms with E-state index in [9.17, 15) is 8.42 Å². The van der Waals surface area contributed by atoms with Gasteiger partial charge in [-0.3, -0.25) is 0 Å². The van der Waals surface area contributed by atoms with Gasteiger partial charge in [-0.2, -0.15) is 0 Å². The molecule has 0 saturated carbocycles. The Balaban J connectivity index is 2.27. The zero-order valence-corrected chi connectivity index (χ0v) is 12.7. The minimum atomic E-state index is -2.84. The molecular formula is C15H25NO2S. The molecule has 4 heteroatoms. The van der Waals surface area contributed by atoms with Crippen LogP contribution in [0, 0.1) is 6.92 Å². The van der Waals surface area contributed by atoms with Crippen molar-refractivity contribution in [1.29, 1.82) is 0 Å². The molecule has 108 valence electrons. The minimum Gasteiger partial charge on any atom is -0.328 e. The molecule has 0 aliphatic carbocycles. The number of sulfone groups is 1. The molecule has 0 aromatic heterocycles. The lowest BCUT2D eigenvalue weighted by atomic mass is 10.0. The van der Waals surface area contributed by atoms with Crippen molar-refractivity contribution in [2.45, 2.75) is 45.6 Å². The van der Waals surface area contributed by atoms with E-state index in [1.54, 1.807) is 6.92 Å². The number of aryl methyl sites for hydroxylation is 2. The standard InChI is InChI=1S/C15H25NO2S/c1-3-19(17,18)11-5-8-15(16)10-9-14-7-4-6-13(2)12-14/h4,6-7,12,15H,3,5,8-11,16H2,1-2H3. The normalized spacial score (nSPS) is 13.4. The molecule has 0 heterocycles. The molecule has 0 saturated heterocycles. The molecule has 0 radical (unpaired) electrons. The van der Waals surface area contributed by atoms with Gasteiger partial charge in [-0.25, -0.2) is 8.42 Å². The fraction of sp³-hybridized carbons (Fsp3) is 0.600. The second-order valence-corrected chi connectivity index (χ2v) is 7.64. The molecule has 1 unspecified atom stereocenters. The van der Waals surface area contributed by atoms with Gasteiger partial charge < -0.3 is 5.73 Å². The van der Waals surface area contributed by atoms with E-state index >= 15 is 0 Å². The number of nitrogens with two attached hydrogens (primary N) is 1. The first-order valence-electron chi connectivity index (χ1n) is 6.94. The molecule has 19 heavy (non-hydrogen) atoms. The Kier molecular flexibility index (Phi) is 6.52. The van der Waals surface area contributed by atoms with E-state index in [4.69, 9.17) is 5.73 Å². The summed E-state index contributed by atoms with van der Waals surface area (Å²) >= 11 is 0. The van der Waals surface area contributed by atoms with E-state index in [1.807, 2.05) is 0 Å². The van der Waals surface area contributed by atoms with E-state index in [0.29, 0.717) is 6.42 Å². The maximum absolute atomic E-state index is 11.4. The van der Waals surface area contributed by atoms with Crippen molar-refractivity contribution in [2.24, 2.45) is 5.73 Å². The lowest BCUT2D eigenvalue weighted by Crippen LogP contribution is -2.22. The number of hydrogen-bond donors (Lipinski definition) is 1. The Hall–Kier alpha value is -0.870. The summed E-state index contributed by atoms with van der Waals surface area (Å²) in [6, 6.07) is 8.52. The summed E-state index contributed by atoms with van der Waals surface area (Å²) in [5.41, 5.74) is 8.60. The maximum atomic E-state index is 11.4. The van der Waals surface area contributed by atoms with Crippen LogP contribution in [0.25, 0.3) is 0 Å². The zero-order valence-electron chi connectivity index (χ0n) is 11.9. The molecule has 0 spiro atoms. The van der Waals surface area contributed by atoms with Crippen molar-refractivity contribution in [3.8, 4) is 0 Å². The lowest BCUT2D eigenvalue weighted by molar-refractivity contribution is 0.552. The molecule has 0 fully saturated rings. The van der Waals surface area contributed by atoms with E-state index < -0.39 is 9.84 Å². The van der Waals surface area contributed by atoms with Crippen molar-refractivity contribution < 1.29 is 8.42 Å². The average Bonchev–Trinajstić information content (AvgIpc) is 2.36. The van der Waals surface area contributed by atoms with Crippen LogP contribution in [-0.4, -0.2) is 26.0 Å². The molecule has 1 atom stereocenters. The van der Waals surface area contributed by atoms with Crippen LogP contribution in [0.3, 0.4) is 0 Å². The molecule has 1 aromatic carbocycles. The quantitative estimate of drug-likeness (QED) is 0.797. The van der Waals surface area contributed by atoms with Crippen LogP contribution >= 0.6 is 0 Å². The highest BCUT2D eigenvalue weighted by molar-refractivity contribution is 7.91. The summed E-state index contributed by atoms with van der Waals surface area (Å²) in [5.74, 6) is 0.493. The van der Waals surface area contributed by atoms with Crippen LogP contribution in [-0.2, 0) is 16.3 Å². The lowest BCUT2D eigenvalue weighted by Gasteiger charge is -2.11. The average molecular weight is 283 g/mol. The van der Waals surface area contributed by atoms with Crippen LogP contribution in [0.5, 0.6) is 0 Å². The predicted octanol–water partition coefficient (Wildman–Crippen LogP) is 2.47. The molecule has 0 amide bonds. The second-order valence-electron chi connectivity index (χ2n) is 5.17. The van der Waals surface area contributed by atoms with Crippen LogP contribution in [0.2, 0.25) is 0 Å². The molecule has 3 nitrogen and oxygen atoms in total. The number of hydrogen-bond acceptors (Lipinski definition) is 3. The van der Waals surface area contributed by atoms with Gasteiger partial charge >= 0.3 is 0 Å². The summed E-state index contributed by atoms with van der Waals surface area (Å²) in [5, 5.41) is 0. The van der Waals surface area contributed by atoms with E-state index in [2.05, 4.69) is 31.2 Å². The van der Waals surface area contributed by atoms with Gasteiger partial charge in [0.15, 0.2) is 0 Å². The molecule has 1 rings (SSSR count). The van der Waals surface area contributed by atoms with Gasteiger partial charge in [0.1, 0.15) is 9.84 Å². The molecule has 0 aliphatic rings. The molecule has 2 N–H and O–H groups in total.